The number of aliphatic carboxylic acids is 1. The van der Waals surface area contributed by atoms with E-state index in [-0.39, 0.29) is 5.41 Å². The molecule has 0 aromatic heterocycles. The third-order valence-corrected chi connectivity index (χ3v) is 6.16. The molecule has 2 saturated carbocycles. The molecule has 0 radical (unpaired) electrons. The number of nitrogens with one attached hydrogen (secondary N) is 1. The van der Waals surface area contributed by atoms with Gasteiger partial charge in [0.2, 0.25) is 0 Å². The molecular weight excluding hydrogens is 292 g/mol. The summed E-state index contributed by atoms with van der Waals surface area (Å²) in [4.78, 5) is 14.0. The van der Waals surface area contributed by atoms with Crippen LogP contribution in [0.1, 0.15) is 51.9 Å². The zero-order chi connectivity index (χ0) is 16.3. The highest BCUT2D eigenvalue weighted by molar-refractivity contribution is 5.76. The Morgan fingerprint density at radius 1 is 1.26 bits per heavy atom. The second-order valence-corrected chi connectivity index (χ2v) is 8.01. The van der Waals surface area contributed by atoms with Crippen molar-refractivity contribution in [3.8, 4) is 0 Å². The summed E-state index contributed by atoms with van der Waals surface area (Å²) in [5.74, 6) is -0.592. The lowest BCUT2D eigenvalue weighted by Gasteiger charge is -2.46. The number of hydrogen-bond acceptors (Lipinski definition) is 4. The second-order valence-electron chi connectivity index (χ2n) is 8.01. The molecule has 1 aliphatic heterocycles. The zero-order valence-corrected chi connectivity index (χ0v) is 14.5. The van der Waals surface area contributed by atoms with Gasteiger partial charge < -0.3 is 20.1 Å². The lowest BCUT2D eigenvalue weighted by Crippen LogP contribution is -2.53. The predicted octanol–water partition coefficient (Wildman–Crippen LogP) is 2.11. The highest BCUT2D eigenvalue weighted by Gasteiger charge is 2.46. The van der Waals surface area contributed by atoms with Crippen molar-refractivity contribution in [1.82, 2.24) is 10.2 Å². The van der Waals surface area contributed by atoms with Crippen LogP contribution in [0.4, 0.5) is 0 Å². The summed E-state index contributed by atoms with van der Waals surface area (Å²) in [5.41, 5.74) is -0.211. The number of carboxylic acids is 1. The Morgan fingerprint density at radius 3 is 2.43 bits per heavy atom. The number of carbonyl (C=O) groups is 1. The molecule has 3 aliphatic rings. The van der Waals surface area contributed by atoms with Gasteiger partial charge in [0.05, 0.1) is 12.0 Å². The molecule has 0 aromatic rings. The van der Waals surface area contributed by atoms with E-state index in [9.17, 15) is 9.90 Å². The molecule has 3 fully saturated rings. The Balaban J connectivity index is 1.52. The van der Waals surface area contributed by atoms with Crippen molar-refractivity contribution < 1.29 is 14.6 Å². The molecule has 3 rings (SSSR count). The highest BCUT2D eigenvalue weighted by Crippen LogP contribution is 2.43. The van der Waals surface area contributed by atoms with E-state index in [0.29, 0.717) is 0 Å². The Bertz CT molecular complexity index is 410. The van der Waals surface area contributed by atoms with E-state index in [1.807, 2.05) is 0 Å². The van der Waals surface area contributed by atoms with Gasteiger partial charge >= 0.3 is 5.97 Å². The average Bonchev–Trinajstić information content (AvgIpc) is 3.32. The van der Waals surface area contributed by atoms with E-state index in [1.165, 1.54) is 12.8 Å². The van der Waals surface area contributed by atoms with Crippen LogP contribution in [0.5, 0.6) is 0 Å². The van der Waals surface area contributed by atoms with E-state index in [4.69, 9.17) is 4.74 Å². The zero-order valence-electron chi connectivity index (χ0n) is 14.5. The minimum absolute atomic E-state index is 0.241. The first-order valence-corrected chi connectivity index (χ1v) is 9.34. The third kappa shape index (κ3) is 4.06. The van der Waals surface area contributed by atoms with Crippen molar-refractivity contribution in [3.05, 3.63) is 0 Å². The van der Waals surface area contributed by atoms with Crippen molar-refractivity contribution in [2.24, 2.45) is 10.8 Å². The fourth-order valence-electron chi connectivity index (χ4n) is 4.00. The summed E-state index contributed by atoms with van der Waals surface area (Å²) < 4.78 is 5.78. The van der Waals surface area contributed by atoms with E-state index >= 15 is 0 Å². The third-order valence-electron chi connectivity index (χ3n) is 6.16. The molecule has 23 heavy (non-hydrogen) atoms. The van der Waals surface area contributed by atoms with Gasteiger partial charge in [-0.1, -0.05) is 6.42 Å². The van der Waals surface area contributed by atoms with Gasteiger partial charge in [-0.3, -0.25) is 4.79 Å². The molecule has 1 heterocycles. The quantitative estimate of drug-likeness (QED) is 0.680. The lowest BCUT2D eigenvalue weighted by atomic mass is 9.68. The number of nitrogens with zero attached hydrogens (tertiary/aromatic N) is 1. The summed E-state index contributed by atoms with van der Waals surface area (Å²) in [6, 6.07) is 0.733. The number of ether oxygens (including phenoxy) is 1. The highest BCUT2D eigenvalue weighted by atomic mass is 16.5. The smallest absolute Gasteiger partial charge is 0.310 e. The molecule has 0 unspecified atom stereocenters. The van der Waals surface area contributed by atoms with Gasteiger partial charge in [-0.25, -0.2) is 0 Å². The summed E-state index contributed by atoms with van der Waals surface area (Å²) in [6.45, 7) is 7.48. The molecule has 0 aromatic carbocycles. The largest absolute Gasteiger partial charge is 0.481 e. The van der Waals surface area contributed by atoms with Crippen LogP contribution in [0.3, 0.4) is 0 Å². The van der Waals surface area contributed by atoms with Crippen LogP contribution in [0, 0.1) is 10.8 Å². The Hall–Kier alpha value is -0.650. The monoisotopic (exact) mass is 324 g/mol. The van der Waals surface area contributed by atoms with Gasteiger partial charge in [-0.15, -0.1) is 0 Å². The number of likely N-dealkylation sites (tertiary alicyclic amines) is 1. The molecule has 1 saturated heterocycles. The van der Waals surface area contributed by atoms with Crippen molar-refractivity contribution in [3.63, 3.8) is 0 Å². The van der Waals surface area contributed by atoms with Gasteiger partial charge in [0.15, 0.2) is 0 Å². The van der Waals surface area contributed by atoms with Gasteiger partial charge in [-0.2, -0.15) is 0 Å². The summed E-state index contributed by atoms with van der Waals surface area (Å²) in [6.07, 6.45) is 7.64. The lowest BCUT2D eigenvalue weighted by molar-refractivity contribution is -0.157. The fourth-order valence-corrected chi connectivity index (χ4v) is 4.00. The molecule has 5 heteroatoms. The van der Waals surface area contributed by atoms with Crippen molar-refractivity contribution in [2.45, 2.75) is 57.9 Å². The minimum Gasteiger partial charge on any atom is -0.481 e. The Labute approximate surface area is 139 Å². The molecule has 132 valence electrons. The van der Waals surface area contributed by atoms with Crippen molar-refractivity contribution in [1.29, 1.82) is 0 Å². The maximum absolute atomic E-state index is 11.6. The van der Waals surface area contributed by atoms with Gasteiger partial charge in [0, 0.05) is 31.2 Å². The van der Waals surface area contributed by atoms with E-state index in [1.54, 1.807) is 0 Å². The van der Waals surface area contributed by atoms with Crippen LogP contribution < -0.4 is 5.32 Å². The number of hydrogen-bond donors (Lipinski definition) is 2. The first-order chi connectivity index (χ1) is 11.1. The summed E-state index contributed by atoms with van der Waals surface area (Å²) >= 11 is 0. The number of rotatable bonds is 9. The Morgan fingerprint density at radius 2 is 1.96 bits per heavy atom. The number of carboxylic acid groups (broad SMARTS) is 1. The maximum Gasteiger partial charge on any atom is 0.310 e. The van der Waals surface area contributed by atoms with E-state index < -0.39 is 11.4 Å². The molecular formula is C18H32N2O3. The molecule has 0 spiro atoms. The van der Waals surface area contributed by atoms with Crippen LogP contribution in [0.2, 0.25) is 0 Å². The maximum atomic E-state index is 11.6. The van der Waals surface area contributed by atoms with Crippen LogP contribution in [0.25, 0.3) is 0 Å². The topological polar surface area (TPSA) is 61.8 Å². The normalized spacial score (nSPS) is 26.7. The first-order valence-electron chi connectivity index (χ1n) is 9.34. The Kier molecular flexibility index (Phi) is 5.29. The van der Waals surface area contributed by atoms with E-state index in [0.717, 1.165) is 77.5 Å². The van der Waals surface area contributed by atoms with Crippen molar-refractivity contribution >= 4 is 5.97 Å². The molecule has 0 atom stereocenters. The molecule has 0 amide bonds. The first kappa shape index (κ1) is 17.2. The van der Waals surface area contributed by atoms with Crippen LogP contribution >= 0.6 is 0 Å². The summed E-state index contributed by atoms with van der Waals surface area (Å²) in [5, 5.41) is 13.2. The van der Waals surface area contributed by atoms with Gasteiger partial charge in [0.1, 0.15) is 0 Å². The van der Waals surface area contributed by atoms with Gasteiger partial charge in [0.25, 0.3) is 0 Å². The molecule has 2 N–H and O–H groups in total. The van der Waals surface area contributed by atoms with Crippen LogP contribution in [0.15, 0.2) is 0 Å². The standard InChI is InChI=1S/C18H32N2O3/c1-2-23-14-17(12-19-15-4-5-15)8-10-20(11-9-17)13-18(16(21)22)6-3-7-18/h15,19H,2-14H2,1H3,(H,21,22). The van der Waals surface area contributed by atoms with Crippen molar-refractivity contribution in [2.75, 3.05) is 39.4 Å². The fraction of sp³-hybridized carbons (Fsp3) is 0.944. The SMILES string of the molecule is CCOCC1(CNC2CC2)CCN(CC2(C(=O)O)CCC2)CC1. The molecule has 5 nitrogen and oxygen atoms in total. The minimum atomic E-state index is -0.592. The average molecular weight is 324 g/mol. The van der Waals surface area contributed by atoms with Gasteiger partial charge in [-0.05, 0) is 58.5 Å². The second kappa shape index (κ2) is 7.08. The predicted molar refractivity (Wildman–Crippen MR) is 89.5 cm³/mol. The van der Waals surface area contributed by atoms with Crippen LogP contribution in [-0.4, -0.2) is 61.4 Å². The molecule has 0 bridgehead atoms. The number of piperidine rings is 1. The molecule has 2 aliphatic carbocycles. The van der Waals surface area contributed by atoms with E-state index in [2.05, 4.69) is 17.1 Å². The summed E-state index contributed by atoms with van der Waals surface area (Å²) in [7, 11) is 0. The van der Waals surface area contributed by atoms with Crippen LogP contribution in [-0.2, 0) is 9.53 Å².